The summed E-state index contributed by atoms with van der Waals surface area (Å²) in [7, 11) is 0. The predicted molar refractivity (Wildman–Crippen MR) is 93.7 cm³/mol. The van der Waals surface area contributed by atoms with Crippen LogP contribution in [0.2, 0.25) is 0 Å². The molecule has 0 bridgehead atoms. The van der Waals surface area contributed by atoms with E-state index in [0.717, 1.165) is 25.0 Å². The van der Waals surface area contributed by atoms with Crippen LogP contribution < -0.4 is 5.32 Å². The Morgan fingerprint density at radius 1 is 1.11 bits per heavy atom. The minimum atomic E-state index is 0.434. The Morgan fingerprint density at radius 2 is 1.68 bits per heavy atom. The lowest BCUT2D eigenvalue weighted by molar-refractivity contribution is 0.178. The van der Waals surface area contributed by atoms with E-state index < -0.39 is 0 Å². The first kappa shape index (κ1) is 15.8. The molecule has 2 rings (SSSR count). The molecular formula is C15H20Br3N. The topological polar surface area (TPSA) is 12.0 Å². The third-order valence-electron chi connectivity index (χ3n) is 3.74. The maximum absolute atomic E-state index is 3.72. The first-order valence-corrected chi connectivity index (χ1v) is 9.06. The average molecular weight is 454 g/mol. The number of benzene rings is 1. The monoisotopic (exact) mass is 451 g/mol. The van der Waals surface area contributed by atoms with Crippen molar-refractivity contribution in [2.75, 3.05) is 5.32 Å². The molecule has 0 aromatic heterocycles. The number of anilines is 1. The molecule has 1 aromatic rings. The van der Waals surface area contributed by atoms with Crippen LogP contribution in [0.15, 0.2) is 25.6 Å². The van der Waals surface area contributed by atoms with Gasteiger partial charge in [0.1, 0.15) is 0 Å². The first-order chi connectivity index (χ1) is 8.77. The van der Waals surface area contributed by atoms with Crippen LogP contribution in [0.5, 0.6) is 0 Å². The Kier molecular flexibility index (Phi) is 5.06. The summed E-state index contributed by atoms with van der Waals surface area (Å²) in [5, 5.41) is 3.72. The molecule has 1 aliphatic rings. The minimum Gasteiger partial charge on any atom is -0.380 e. The van der Waals surface area contributed by atoms with Crippen LogP contribution in [0.25, 0.3) is 0 Å². The van der Waals surface area contributed by atoms with Gasteiger partial charge in [0.2, 0.25) is 0 Å². The van der Waals surface area contributed by atoms with E-state index in [1.165, 1.54) is 19.3 Å². The van der Waals surface area contributed by atoms with Crippen molar-refractivity contribution in [2.24, 2.45) is 11.3 Å². The smallest absolute Gasteiger partial charge is 0.0631 e. The molecule has 4 heteroatoms. The Bertz CT molecular complexity index is 447. The zero-order chi connectivity index (χ0) is 14.2. The fraction of sp³-hybridized carbons (Fsp3) is 0.600. The van der Waals surface area contributed by atoms with Crippen LogP contribution in [0, 0.1) is 11.3 Å². The van der Waals surface area contributed by atoms with E-state index in [1.54, 1.807) is 0 Å². The molecular weight excluding hydrogens is 434 g/mol. The number of hydrogen-bond donors (Lipinski definition) is 1. The summed E-state index contributed by atoms with van der Waals surface area (Å²) in [5.41, 5.74) is 1.60. The number of halogens is 3. The van der Waals surface area contributed by atoms with Gasteiger partial charge in [0.05, 0.1) is 5.69 Å². The van der Waals surface area contributed by atoms with E-state index in [9.17, 15) is 0 Å². The van der Waals surface area contributed by atoms with Gasteiger partial charge < -0.3 is 5.32 Å². The summed E-state index contributed by atoms with van der Waals surface area (Å²) in [6, 6.07) is 4.72. The molecule has 1 fully saturated rings. The van der Waals surface area contributed by atoms with Crippen LogP contribution in [0.4, 0.5) is 5.69 Å². The summed E-state index contributed by atoms with van der Waals surface area (Å²) >= 11 is 10.8. The second-order valence-corrected chi connectivity index (χ2v) is 9.12. The van der Waals surface area contributed by atoms with Gasteiger partial charge in [0.25, 0.3) is 0 Å². The van der Waals surface area contributed by atoms with Crippen LogP contribution in [0.3, 0.4) is 0 Å². The molecule has 0 heterocycles. The Morgan fingerprint density at radius 3 is 2.21 bits per heavy atom. The molecule has 0 spiro atoms. The number of nitrogens with one attached hydrogen (secondary N) is 1. The standard InChI is InChI=1S/C15H20Br3N/c1-9-4-11(8-15(2,3)7-9)19-14-12(17)5-10(16)6-13(14)18/h5-6,9,11,19H,4,7-8H2,1-3H3. The molecule has 1 aromatic carbocycles. The minimum absolute atomic E-state index is 0.434. The lowest BCUT2D eigenvalue weighted by Gasteiger charge is -2.40. The molecule has 1 saturated carbocycles. The second-order valence-electron chi connectivity index (χ2n) is 6.50. The van der Waals surface area contributed by atoms with Gasteiger partial charge in [0, 0.05) is 19.5 Å². The van der Waals surface area contributed by atoms with Gasteiger partial charge in [-0.3, -0.25) is 0 Å². The van der Waals surface area contributed by atoms with Gasteiger partial charge in [-0.25, -0.2) is 0 Å². The molecule has 2 atom stereocenters. The van der Waals surface area contributed by atoms with Gasteiger partial charge in [-0.1, -0.05) is 36.7 Å². The van der Waals surface area contributed by atoms with Gasteiger partial charge in [-0.15, -0.1) is 0 Å². The summed E-state index contributed by atoms with van der Waals surface area (Å²) in [6.45, 7) is 7.12. The van der Waals surface area contributed by atoms with Crippen LogP contribution in [0.1, 0.15) is 40.0 Å². The zero-order valence-electron chi connectivity index (χ0n) is 11.6. The zero-order valence-corrected chi connectivity index (χ0v) is 16.3. The summed E-state index contributed by atoms with van der Waals surface area (Å²) in [5.74, 6) is 0.786. The predicted octanol–water partition coefficient (Wildman–Crippen LogP) is 6.60. The molecule has 0 aliphatic heterocycles. The summed E-state index contributed by atoms with van der Waals surface area (Å²) in [6.07, 6.45) is 3.80. The van der Waals surface area contributed by atoms with Crippen molar-refractivity contribution in [1.82, 2.24) is 0 Å². The highest BCUT2D eigenvalue weighted by Crippen LogP contribution is 2.41. The molecule has 2 unspecified atom stereocenters. The Hall–Kier alpha value is 0.460. The SMILES string of the molecule is CC1CC(Nc2c(Br)cc(Br)cc2Br)CC(C)(C)C1. The molecule has 1 nitrogen and oxygen atoms in total. The molecule has 1 N–H and O–H groups in total. The van der Waals surface area contributed by atoms with E-state index in [-0.39, 0.29) is 0 Å². The molecule has 0 radical (unpaired) electrons. The highest BCUT2D eigenvalue weighted by Gasteiger charge is 2.32. The maximum Gasteiger partial charge on any atom is 0.0631 e. The van der Waals surface area contributed by atoms with E-state index in [4.69, 9.17) is 0 Å². The van der Waals surface area contributed by atoms with Crippen molar-refractivity contribution >= 4 is 53.5 Å². The molecule has 0 saturated heterocycles. The fourth-order valence-corrected chi connectivity index (χ4v) is 5.83. The second kappa shape index (κ2) is 6.07. The highest BCUT2D eigenvalue weighted by molar-refractivity contribution is 9.11. The third kappa shape index (κ3) is 4.21. The van der Waals surface area contributed by atoms with Gasteiger partial charge >= 0.3 is 0 Å². The van der Waals surface area contributed by atoms with E-state index >= 15 is 0 Å². The molecule has 0 amide bonds. The molecule has 1 aliphatic carbocycles. The van der Waals surface area contributed by atoms with E-state index in [0.29, 0.717) is 11.5 Å². The fourth-order valence-electron chi connectivity index (χ4n) is 3.34. The van der Waals surface area contributed by atoms with E-state index in [1.807, 2.05) is 0 Å². The van der Waals surface area contributed by atoms with Gasteiger partial charge in [-0.2, -0.15) is 0 Å². The van der Waals surface area contributed by atoms with Crippen molar-refractivity contribution in [3.8, 4) is 0 Å². The normalized spacial score (nSPS) is 26.2. The van der Waals surface area contributed by atoms with Crippen molar-refractivity contribution in [3.05, 3.63) is 25.6 Å². The average Bonchev–Trinajstić information content (AvgIpc) is 2.20. The molecule has 19 heavy (non-hydrogen) atoms. The first-order valence-electron chi connectivity index (χ1n) is 6.68. The quantitative estimate of drug-likeness (QED) is 0.531. The van der Waals surface area contributed by atoms with Crippen LogP contribution in [-0.2, 0) is 0 Å². The lowest BCUT2D eigenvalue weighted by atomic mass is 9.70. The third-order valence-corrected chi connectivity index (χ3v) is 5.45. The molecule has 106 valence electrons. The highest BCUT2D eigenvalue weighted by atomic mass is 79.9. The van der Waals surface area contributed by atoms with Crippen LogP contribution >= 0.6 is 47.8 Å². The largest absolute Gasteiger partial charge is 0.380 e. The van der Waals surface area contributed by atoms with E-state index in [2.05, 4.69) is 86.0 Å². The van der Waals surface area contributed by atoms with Crippen LogP contribution in [-0.4, -0.2) is 6.04 Å². The summed E-state index contributed by atoms with van der Waals surface area (Å²) < 4.78 is 3.28. The Labute approximate surface area is 141 Å². The number of rotatable bonds is 2. The van der Waals surface area contributed by atoms with Crippen molar-refractivity contribution < 1.29 is 0 Å². The summed E-state index contributed by atoms with van der Waals surface area (Å²) in [4.78, 5) is 0. The lowest BCUT2D eigenvalue weighted by Crippen LogP contribution is -2.35. The van der Waals surface area contributed by atoms with Gasteiger partial charge in [-0.05, 0) is 74.6 Å². The van der Waals surface area contributed by atoms with Crippen molar-refractivity contribution in [2.45, 2.75) is 46.1 Å². The maximum atomic E-state index is 3.72. The van der Waals surface area contributed by atoms with Gasteiger partial charge in [0.15, 0.2) is 0 Å². The van der Waals surface area contributed by atoms with Crippen molar-refractivity contribution in [3.63, 3.8) is 0 Å². The number of hydrogen-bond acceptors (Lipinski definition) is 1. The Balaban J connectivity index is 2.17. The van der Waals surface area contributed by atoms with Crippen molar-refractivity contribution in [1.29, 1.82) is 0 Å².